The van der Waals surface area contributed by atoms with Gasteiger partial charge in [-0.3, -0.25) is 0 Å². The largest absolute Gasteiger partial charge is 0.396 e. The Hall–Kier alpha value is -0.340. The van der Waals surface area contributed by atoms with Crippen LogP contribution in [0.1, 0.15) is 33.1 Å². The fourth-order valence-electron chi connectivity index (χ4n) is 1.08. The predicted octanol–water partition coefficient (Wildman–Crippen LogP) is 1.72. The first-order valence-corrected chi connectivity index (χ1v) is 4.58. The molecule has 0 aliphatic heterocycles. The van der Waals surface area contributed by atoms with Gasteiger partial charge in [-0.2, -0.15) is 0 Å². The molecule has 72 valence electrons. The molecule has 2 nitrogen and oxygen atoms in total. The molecule has 0 aliphatic rings. The van der Waals surface area contributed by atoms with Gasteiger partial charge in [-0.25, -0.2) is 0 Å². The summed E-state index contributed by atoms with van der Waals surface area (Å²) in [4.78, 5) is 0. The molecule has 0 aromatic rings. The maximum Gasteiger partial charge on any atom is 0.0614 e. The second-order valence-corrected chi connectivity index (χ2v) is 3.41. The summed E-state index contributed by atoms with van der Waals surface area (Å²) in [6, 6.07) is 0. The van der Waals surface area contributed by atoms with Crippen molar-refractivity contribution < 1.29 is 10.2 Å². The number of allylic oxidation sites excluding steroid dienone is 1. The van der Waals surface area contributed by atoms with Gasteiger partial charge in [0.05, 0.1) is 6.61 Å². The average molecular weight is 172 g/mol. The Morgan fingerprint density at radius 1 is 1.42 bits per heavy atom. The minimum Gasteiger partial charge on any atom is -0.396 e. The summed E-state index contributed by atoms with van der Waals surface area (Å²) >= 11 is 0. The van der Waals surface area contributed by atoms with E-state index in [1.807, 2.05) is 19.9 Å². The molecule has 2 heteroatoms. The summed E-state index contributed by atoms with van der Waals surface area (Å²) in [6.07, 6.45) is 5.03. The maximum absolute atomic E-state index is 8.75. The molecule has 12 heavy (non-hydrogen) atoms. The van der Waals surface area contributed by atoms with Crippen LogP contribution in [-0.4, -0.2) is 23.4 Å². The van der Waals surface area contributed by atoms with E-state index in [1.54, 1.807) is 0 Å². The van der Waals surface area contributed by atoms with E-state index >= 15 is 0 Å². The third-order valence-electron chi connectivity index (χ3n) is 2.02. The van der Waals surface area contributed by atoms with Gasteiger partial charge in [0.15, 0.2) is 0 Å². The lowest BCUT2D eigenvalue weighted by Gasteiger charge is -2.06. The molecule has 1 atom stereocenters. The molecule has 2 N–H and O–H groups in total. The van der Waals surface area contributed by atoms with Crippen molar-refractivity contribution in [2.75, 3.05) is 13.2 Å². The standard InChI is InChI=1S/C10H20O2/c1-9(6-7-11)4-3-5-10(2)8-12/h6,10-12H,3-5,7-8H2,1-2H3/b9-6+/t10-/m1/s1. The smallest absolute Gasteiger partial charge is 0.0614 e. The highest BCUT2D eigenvalue weighted by atomic mass is 16.3. The first-order chi connectivity index (χ1) is 5.70. The number of aliphatic hydroxyl groups is 2. The van der Waals surface area contributed by atoms with Crippen LogP contribution in [0.5, 0.6) is 0 Å². The van der Waals surface area contributed by atoms with Crippen LogP contribution in [0.25, 0.3) is 0 Å². The van der Waals surface area contributed by atoms with Crippen molar-refractivity contribution in [2.45, 2.75) is 33.1 Å². The van der Waals surface area contributed by atoms with Crippen molar-refractivity contribution in [2.24, 2.45) is 5.92 Å². The number of aliphatic hydroxyl groups excluding tert-OH is 2. The summed E-state index contributed by atoms with van der Waals surface area (Å²) in [5.41, 5.74) is 1.24. The highest BCUT2D eigenvalue weighted by Gasteiger charge is 1.99. The minimum absolute atomic E-state index is 0.140. The summed E-state index contributed by atoms with van der Waals surface area (Å²) in [7, 11) is 0. The van der Waals surface area contributed by atoms with E-state index in [9.17, 15) is 0 Å². The van der Waals surface area contributed by atoms with Gasteiger partial charge < -0.3 is 10.2 Å². The van der Waals surface area contributed by atoms with E-state index in [2.05, 4.69) is 0 Å². The third kappa shape index (κ3) is 6.38. The molecular weight excluding hydrogens is 152 g/mol. The highest BCUT2D eigenvalue weighted by molar-refractivity contribution is 4.97. The van der Waals surface area contributed by atoms with E-state index in [0.29, 0.717) is 5.92 Å². The quantitative estimate of drug-likeness (QED) is 0.599. The Balaban J connectivity index is 3.36. The summed E-state index contributed by atoms with van der Waals surface area (Å²) in [5, 5.41) is 17.3. The van der Waals surface area contributed by atoms with Crippen LogP contribution in [0.4, 0.5) is 0 Å². The van der Waals surface area contributed by atoms with E-state index in [4.69, 9.17) is 10.2 Å². The summed E-state index contributed by atoms with van der Waals surface area (Å²) < 4.78 is 0. The Morgan fingerprint density at radius 2 is 2.08 bits per heavy atom. The Kier molecular flexibility index (Phi) is 7.11. The number of hydrogen-bond acceptors (Lipinski definition) is 2. The van der Waals surface area contributed by atoms with Crippen molar-refractivity contribution in [3.8, 4) is 0 Å². The number of hydrogen-bond donors (Lipinski definition) is 2. The van der Waals surface area contributed by atoms with Gasteiger partial charge in [-0.15, -0.1) is 0 Å². The predicted molar refractivity (Wildman–Crippen MR) is 50.9 cm³/mol. The monoisotopic (exact) mass is 172 g/mol. The van der Waals surface area contributed by atoms with Crippen molar-refractivity contribution in [1.82, 2.24) is 0 Å². The van der Waals surface area contributed by atoms with Crippen molar-refractivity contribution in [1.29, 1.82) is 0 Å². The van der Waals surface area contributed by atoms with E-state index in [0.717, 1.165) is 19.3 Å². The molecule has 0 aromatic carbocycles. The van der Waals surface area contributed by atoms with Crippen LogP contribution in [0.2, 0.25) is 0 Å². The average Bonchev–Trinajstić information content (AvgIpc) is 2.04. The Morgan fingerprint density at radius 3 is 2.58 bits per heavy atom. The maximum atomic E-state index is 8.75. The number of rotatable bonds is 6. The zero-order valence-electron chi connectivity index (χ0n) is 8.08. The lowest BCUT2D eigenvalue weighted by Crippen LogP contribution is -1.99. The molecule has 0 amide bonds. The summed E-state index contributed by atoms with van der Waals surface area (Å²) in [6.45, 7) is 4.50. The van der Waals surface area contributed by atoms with Crippen molar-refractivity contribution >= 4 is 0 Å². The van der Waals surface area contributed by atoms with Crippen LogP contribution >= 0.6 is 0 Å². The topological polar surface area (TPSA) is 40.5 Å². The second kappa shape index (κ2) is 7.32. The molecule has 0 radical (unpaired) electrons. The fraction of sp³-hybridized carbons (Fsp3) is 0.800. The Labute approximate surface area is 74.9 Å². The third-order valence-corrected chi connectivity index (χ3v) is 2.02. The minimum atomic E-state index is 0.140. The molecule has 0 saturated heterocycles. The lowest BCUT2D eigenvalue weighted by molar-refractivity contribution is 0.228. The first-order valence-electron chi connectivity index (χ1n) is 4.58. The zero-order chi connectivity index (χ0) is 9.40. The van der Waals surface area contributed by atoms with Crippen LogP contribution in [0.15, 0.2) is 11.6 Å². The second-order valence-electron chi connectivity index (χ2n) is 3.41. The zero-order valence-corrected chi connectivity index (χ0v) is 8.08. The van der Waals surface area contributed by atoms with Gasteiger partial charge in [0, 0.05) is 6.61 Å². The van der Waals surface area contributed by atoms with Gasteiger partial charge >= 0.3 is 0 Å². The lowest BCUT2D eigenvalue weighted by atomic mass is 10.0. The molecule has 0 heterocycles. The highest BCUT2D eigenvalue weighted by Crippen LogP contribution is 2.11. The molecule has 0 unspecified atom stereocenters. The van der Waals surface area contributed by atoms with Gasteiger partial charge in [0.25, 0.3) is 0 Å². The summed E-state index contributed by atoms with van der Waals surface area (Å²) in [5.74, 6) is 0.409. The molecule has 0 bridgehead atoms. The fourth-order valence-corrected chi connectivity index (χ4v) is 1.08. The van der Waals surface area contributed by atoms with E-state index < -0.39 is 0 Å². The van der Waals surface area contributed by atoms with Crippen LogP contribution in [0, 0.1) is 5.92 Å². The van der Waals surface area contributed by atoms with Gasteiger partial charge in [-0.1, -0.05) is 18.6 Å². The molecule has 0 rings (SSSR count). The van der Waals surface area contributed by atoms with Crippen LogP contribution in [0.3, 0.4) is 0 Å². The molecular formula is C10H20O2. The molecule has 0 spiro atoms. The first kappa shape index (κ1) is 11.7. The SMILES string of the molecule is C/C(=C\CO)CCC[C@@H](C)CO. The van der Waals surface area contributed by atoms with E-state index in [-0.39, 0.29) is 13.2 Å². The Bertz CT molecular complexity index is 130. The normalized spacial score (nSPS) is 14.8. The van der Waals surface area contributed by atoms with Crippen LogP contribution in [-0.2, 0) is 0 Å². The molecule has 0 fully saturated rings. The van der Waals surface area contributed by atoms with Gasteiger partial charge in [0.2, 0.25) is 0 Å². The van der Waals surface area contributed by atoms with E-state index in [1.165, 1.54) is 5.57 Å². The van der Waals surface area contributed by atoms with Crippen LogP contribution < -0.4 is 0 Å². The van der Waals surface area contributed by atoms with Gasteiger partial charge in [0.1, 0.15) is 0 Å². The van der Waals surface area contributed by atoms with Crippen molar-refractivity contribution in [3.63, 3.8) is 0 Å². The molecule has 0 aliphatic carbocycles. The molecule has 0 saturated carbocycles. The molecule has 0 aromatic heterocycles. The van der Waals surface area contributed by atoms with Gasteiger partial charge in [-0.05, 0) is 32.1 Å². The van der Waals surface area contributed by atoms with Crippen molar-refractivity contribution in [3.05, 3.63) is 11.6 Å².